The predicted molar refractivity (Wildman–Crippen MR) is 73.9 cm³/mol. The van der Waals surface area contributed by atoms with Crippen LogP contribution in [-0.4, -0.2) is 0 Å². The third-order valence-electron chi connectivity index (χ3n) is 2.21. The molecule has 2 rings (SSSR count). The molecule has 0 amide bonds. The SMILES string of the molecule is Cc1cc(Br)c(C(Br)c2cccc(F)c2)s1. The van der Waals surface area contributed by atoms with Crippen molar-refractivity contribution >= 4 is 43.2 Å². The fourth-order valence-electron chi connectivity index (χ4n) is 1.49. The summed E-state index contributed by atoms with van der Waals surface area (Å²) in [6.45, 7) is 2.06. The minimum atomic E-state index is -0.202. The normalized spacial score (nSPS) is 12.8. The molecule has 2 aromatic rings. The molecule has 0 spiro atoms. The first-order valence-electron chi connectivity index (χ1n) is 4.73. The maximum Gasteiger partial charge on any atom is 0.123 e. The third kappa shape index (κ3) is 2.55. The summed E-state index contributed by atoms with van der Waals surface area (Å²) in [7, 11) is 0. The first-order chi connectivity index (χ1) is 7.58. The van der Waals surface area contributed by atoms with Gasteiger partial charge in [0.2, 0.25) is 0 Å². The van der Waals surface area contributed by atoms with Crippen molar-refractivity contribution in [1.29, 1.82) is 0 Å². The molecule has 0 saturated carbocycles. The van der Waals surface area contributed by atoms with Crippen molar-refractivity contribution in [1.82, 2.24) is 0 Å². The molecule has 0 bridgehead atoms. The minimum absolute atomic E-state index is 0.0382. The summed E-state index contributed by atoms with van der Waals surface area (Å²) in [6, 6.07) is 8.74. The summed E-state index contributed by atoms with van der Waals surface area (Å²) in [4.78, 5) is 2.45. The summed E-state index contributed by atoms with van der Waals surface area (Å²) >= 11 is 8.83. The van der Waals surface area contributed by atoms with Gasteiger partial charge in [-0.25, -0.2) is 4.39 Å². The number of thiophene rings is 1. The van der Waals surface area contributed by atoms with Crippen LogP contribution < -0.4 is 0 Å². The Balaban J connectivity index is 2.38. The van der Waals surface area contributed by atoms with E-state index in [9.17, 15) is 4.39 Å². The van der Waals surface area contributed by atoms with Crippen LogP contribution >= 0.6 is 43.2 Å². The van der Waals surface area contributed by atoms with Crippen LogP contribution in [0.1, 0.15) is 20.1 Å². The molecule has 0 N–H and O–H groups in total. The standard InChI is InChI=1S/C12H9Br2FS/c1-7-5-10(13)12(16-7)11(14)8-3-2-4-9(15)6-8/h2-6,11H,1H3. The van der Waals surface area contributed by atoms with Gasteiger partial charge in [0.25, 0.3) is 0 Å². The Hall–Kier alpha value is -0.190. The highest BCUT2D eigenvalue weighted by Gasteiger charge is 2.16. The van der Waals surface area contributed by atoms with Crippen LogP contribution in [0.15, 0.2) is 34.8 Å². The van der Waals surface area contributed by atoms with E-state index < -0.39 is 0 Å². The van der Waals surface area contributed by atoms with Crippen molar-refractivity contribution in [2.24, 2.45) is 0 Å². The zero-order valence-electron chi connectivity index (χ0n) is 8.51. The Morgan fingerprint density at radius 2 is 2.06 bits per heavy atom. The van der Waals surface area contributed by atoms with Crippen LogP contribution in [0.4, 0.5) is 4.39 Å². The highest BCUT2D eigenvalue weighted by molar-refractivity contribution is 9.11. The average molecular weight is 364 g/mol. The molecule has 0 radical (unpaired) electrons. The minimum Gasteiger partial charge on any atom is -0.207 e. The summed E-state index contributed by atoms with van der Waals surface area (Å²) < 4.78 is 14.2. The van der Waals surface area contributed by atoms with E-state index in [2.05, 4.69) is 44.8 Å². The van der Waals surface area contributed by atoms with E-state index in [0.717, 1.165) is 10.0 Å². The van der Waals surface area contributed by atoms with Gasteiger partial charge in [-0.3, -0.25) is 0 Å². The number of alkyl halides is 1. The van der Waals surface area contributed by atoms with Gasteiger partial charge in [0.15, 0.2) is 0 Å². The molecule has 0 saturated heterocycles. The molecule has 1 aromatic carbocycles. The largest absolute Gasteiger partial charge is 0.207 e. The molecule has 0 nitrogen and oxygen atoms in total. The first-order valence-corrected chi connectivity index (χ1v) is 7.26. The van der Waals surface area contributed by atoms with E-state index in [1.165, 1.54) is 15.8 Å². The lowest BCUT2D eigenvalue weighted by atomic mass is 10.1. The van der Waals surface area contributed by atoms with Crippen molar-refractivity contribution in [3.8, 4) is 0 Å². The van der Waals surface area contributed by atoms with E-state index in [1.807, 2.05) is 6.07 Å². The van der Waals surface area contributed by atoms with Crippen molar-refractivity contribution in [2.45, 2.75) is 11.8 Å². The number of hydrogen-bond donors (Lipinski definition) is 0. The van der Waals surface area contributed by atoms with E-state index in [-0.39, 0.29) is 10.6 Å². The smallest absolute Gasteiger partial charge is 0.123 e. The van der Waals surface area contributed by atoms with Gasteiger partial charge in [-0.15, -0.1) is 11.3 Å². The highest BCUT2D eigenvalue weighted by atomic mass is 79.9. The molecular weight excluding hydrogens is 355 g/mol. The monoisotopic (exact) mass is 362 g/mol. The van der Waals surface area contributed by atoms with E-state index >= 15 is 0 Å². The Bertz CT molecular complexity index is 507. The van der Waals surface area contributed by atoms with Gasteiger partial charge < -0.3 is 0 Å². The quantitative estimate of drug-likeness (QED) is 0.623. The Morgan fingerprint density at radius 1 is 1.31 bits per heavy atom. The summed E-state index contributed by atoms with van der Waals surface area (Å²) in [5, 5.41) is 0. The summed E-state index contributed by atoms with van der Waals surface area (Å²) in [5.74, 6) is -0.202. The molecule has 0 fully saturated rings. The van der Waals surface area contributed by atoms with E-state index in [1.54, 1.807) is 23.5 Å². The van der Waals surface area contributed by atoms with Gasteiger partial charge in [0.1, 0.15) is 5.82 Å². The third-order valence-corrected chi connectivity index (χ3v) is 5.53. The lowest BCUT2D eigenvalue weighted by Crippen LogP contribution is -1.91. The van der Waals surface area contributed by atoms with Crippen LogP contribution in [0.25, 0.3) is 0 Å². The number of benzene rings is 1. The maximum absolute atomic E-state index is 13.1. The van der Waals surface area contributed by atoms with E-state index in [4.69, 9.17) is 0 Å². The molecule has 0 aliphatic rings. The van der Waals surface area contributed by atoms with E-state index in [0.29, 0.717) is 0 Å². The van der Waals surface area contributed by atoms with Gasteiger partial charge in [-0.1, -0.05) is 28.1 Å². The van der Waals surface area contributed by atoms with Crippen LogP contribution in [0, 0.1) is 12.7 Å². The number of hydrogen-bond acceptors (Lipinski definition) is 1. The van der Waals surface area contributed by atoms with Gasteiger partial charge >= 0.3 is 0 Å². The second kappa shape index (κ2) is 4.98. The number of halogens is 3. The predicted octanol–water partition coefficient (Wildman–Crippen LogP) is 5.44. The zero-order chi connectivity index (χ0) is 11.7. The van der Waals surface area contributed by atoms with Gasteiger partial charge in [-0.05, 0) is 46.6 Å². The molecule has 16 heavy (non-hydrogen) atoms. The maximum atomic E-state index is 13.1. The topological polar surface area (TPSA) is 0 Å². The Kier molecular flexibility index (Phi) is 3.82. The van der Waals surface area contributed by atoms with Crippen LogP contribution in [0.2, 0.25) is 0 Å². The average Bonchev–Trinajstić information content (AvgIpc) is 2.57. The zero-order valence-corrected chi connectivity index (χ0v) is 12.5. The molecule has 1 aromatic heterocycles. The highest BCUT2D eigenvalue weighted by Crippen LogP contribution is 2.40. The first kappa shape index (κ1) is 12.3. The molecule has 0 aliphatic heterocycles. The molecule has 1 unspecified atom stereocenters. The van der Waals surface area contributed by atoms with Gasteiger partial charge in [0, 0.05) is 14.2 Å². The Labute approximate surface area is 115 Å². The Morgan fingerprint density at radius 3 is 2.62 bits per heavy atom. The van der Waals surface area contributed by atoms with Crippen molar-refractivity contribution in [3.05, 3.63) is 55.9 Å². The molecule has 1 atom stereocenters. The van der Waals surface area contributed by atoms with Crippen LogP contribution in [0.3, 0.4) is 0 Å². The van der Waals surface area contributed by atoms with Crippen molar-refractivity contribution in [2.75, 3.05) is 0 Å². The van der Waals surface area contributed by atoms with Crippen LogP contribution in [0.5, 0.6) is 0 Å². The molecule has 1 heterocycles. The molecular formula is C12H9Br2FS. The van der Waals surface area contributed by atoms with Crippen LogP contribution in [-0.2, 0) is 0 Å². The fraction of sp³-hybridized carbons (Fsp3) is 0.167. The van der Waals surface area contributed by atoms with Gasteiger partial charge in [0.05, 0.1) is 4.83 Å². The molecule has 0 aliphatic carbocycles. The summed E-state index contributed by atoms with van der Waals surface area (Å²) in [6.07, 6.45) is 0. The van der Waals surface area contributed by atoms with Crippen molar-refractivity contribution < 1.29 is 4.39 Å². The van der Waals surface area contributed by atoms with Crippen molar-refractivity contribution in [3.63, 3.8) is 0 Å². The number of aryl methyl sites for hydroxylation is 1. The lowest BCUT2D eigenvalue weighted by molar-refractivity contribution is 0.626. The van der Waals surface area contributed by atoms with Gasteiger partial charge in [-0.2, -0.15) is 0 Å². The molecule has 4 heteroatoms. The second-order valence-electron chi connectivity index (χ2n) is 3.49. The number of rotatable bonds is 2. The lowest BCUT2D eigenvalue weighted by Gasteiger charge is -2.08. The summed E-state index contributed by atoms with van der Waals surface area (Å²) in [5.41, 5.74) is 0.933. The molecule has 84 valence electrons. The fourth-order valence-corrected chi connectivity index (χ4v) is 4.49. The second-order valence-corrected chi connectivity index (χ2v) is 6.54.